The molecule has 1 aliphatic rings. The van der Waals surface area contributed by atoms with Gasteiger partial charge in [0.25, 0.3) is 0 Å². The standard InChI is InChI=1S/C14H26N4/c1-11(2)9-18-14(16-10-17-18)8-13(15-3)7-12-5-4-6-12/h10-13,15H,4-9H2,1-3H3. The van der Waals surface area contributed by atoms with Gasteiger partial charge in [0.05, 0.1) is 0 Å². The Morgan fingerprint density at radius 1 is 1.44 bits per heavy atom. The van der Waals surface area contributed by atoms with Crippen molar-refractivity contribution in [3.8, 4) is 0 Å². The van der Waals surface area contributed by atoms with Crippen LogP contribution in [0.2, 0.25) is 0 Å². The van der Waals surface area contributed by atoms with Crippen LogP contribution in [-0.2, 0) is 13.0 Å². The molecule has 1 N–H and O–H groups in total. The van der Waals surface area contributed by atoms with Gasteiger partial charge >= 0.3 is 0 Å². The molecule has 4 heteroatoms. The average Bonchev–Trinajstić information content (AvgIpc) is 2.68. The average molecular weight is 250 g/mol. The third-order valence-electron chi connectivity index (χ3n) is 3.91. The molecule has 0 aromatic carbocycles. The quantitative estimate of drug-likeness (QED) is 0.807. The second kappa shape index (κ2) is 6.32. The normalized spacial score (nSPS) is 18.0. The van der Waals surface area contributed by atoms with Crippen LogP contribution in [0.3, 0.4) is 0 Å². The summed E-state index contributed by atoms with van der Waals surface area (Å²) in [5.41, 5.74) is 0. The molecule has 1 heterocycles. The third-order valence-corrected chi connectivity index (χ3v) is 3.91. The Hall–Kier alpha value is -0.900. The van der Waals surface area contributed by atoms with E-state index in [1.54, 1.807) is 6.33 Å². The molecule has 1 unspecified atom stereocenters. The Labute approximate surface area is 110 Å². The Morgan fingerprint density at radius 3 is 2.78 bits per heavy atom. The van der Waals surface area contributed by atoms with Crippen LogP contribution in [0.1, 0.15) is 45.4 Å². The van der Waals surface area contributed by atoms with Crippen LogP contribution in [0.4, 0.5) is 0 Å². The Balaban J connectivity index is 1.91. The van der Waals surface area contributed by atoms with Crippen LogP contribution in [0.25, 0.3) is 0 Å². The van der Waals surface area contributed by atoms with E-state index < -0.39 is 0 Å². The van der Waals surface area contributed by atoms with Crippen LogP contribution in [0.15, 0.2) is 6.33 Å². The number of aromatic nitrogens is 3. The molecule has 1 aliphatic carbocycles. The van der Waals surface area contributed by atoms with Gasteiger partial charge in [-0.2, -0.15) is 5.10 Å². The minimum absolute atomic E-state index is 0.547. The first-order chi connectivity index (χ1) is 8.69. The van der Waals surface area contributed by atoms with E-state index in [4.69, 9.17) is 0 Å². The van der Waals surface area contributed by atoms with Gasteiger partial charge in [-0.3, -0.25) is 0 Å². The summed E-state index contributed by atoms with van der Waals surface area (Å²) in [6.45, 7) is 5.40. The van der Waals surface area contributed by atoms with Gasteiger partial charge in [0.2, 0.25) is 0 Å². The van der Waals surface area contributed by atoms with E-state index in [2.05, 4.69) is 41.0 Å². The summed E-state index contributed by atoms with van der Waals surface area (Å²) >= 11 is 0. The second-order valence-electron chi connectivity index (χ2n) is 5.97. The third kappa shape index (κ3) is 3.55. The number of rotatable bonds is 7. The molecule has 1 aromatic heterocycles. The zero-order chi connectivity index (χ0) is 13.0. The Morgan fingerprint density at radius 2 is 2.22 bits per heavy atom. The van der Waals surface area contributed by atoms with Gasteiger partial charge in [0, 0.05) is 19.0 Å². The van der Waals surface area contributed by atoms with Gasteiger partial charge in [-0.15, -0.1) is 0 Å². The SMILES string of the molecule is CNC(Cc1ncnn1CC(C)C)CC1CCC1. The van der Waals surface area contributed by atoms with Crippen molar-refractivity contribution in [1.29, 1.82) is 0 Å². The maximum Gasteiger partial charge on any atom is 0.138 e. The maximum atomic E-state index is 4.42. The number of hydrogen-bond acceptors (Lipinski definition) is 3. The monoisotopic (exact) mass is 250 g/mol. The number of likely N-dealkylation sites (N-methyl/N-ethyl adjacent to an activating group) is 1. The van der Waals surface area contributed by atoms with Gasteiger partial charge in [0.1, 0.15) is 12.2 Å². The molecule has 1 fully saturated rings. The molecule has 1 saturated carbocycles. The number of nitrogens with one attached hydrogen (secondary N) is 1. The van der Waals surface area contributed by atoms with Gasteiger partial charge in [-0.1, -0.05) is 33.1 Å². The van der Waals surface area contributed by atoms with E-state index in [0.717, 1.165) is 24.7 Å². The molecule has 1 atom stereocenters. The first-order valence-electron chi connectivity index (χ1n) is 7.23. The van der Waals surface area contributed by atoms with E-state index in [1.165, 1.54) is 25.7 Å². The van der Waals surface area contributed by atoms with Crippen LogP contribution in [0.5, 0.6) is 0 Å². The molecule has 18 heavy (non-hydrogen) atoms. The van der Waals surface area contributed by atoms with E-state index in [1.807, 2.05) is 0 Å². The Bertz CT molecular complexity index is 354. The summed E-state index contributed by atoms with van der Waals surface area (Å²) in [5, 5.41) is 7.77. The van der Waals surface area contributed by atoms with Gasteiger partial charge in [0.15, 0.2) is 0 Å². The van der Waals surface area contributed by atoms with Crippen molar-refractivity contribution in [2.75, 3.05) is 7.05 Å². The molecule has 0 bridgehead atoms. The molecular weight excluding hydrogens is 224 g/mol. The zero-order valence-electron chi connectivity index (χ0n) is 11.9. The van der Waals surface area contributed by atoms with E-state index in [9.17, 15) is 0 Å². The maximum absolute atomic E-state index is 4.42. The summed E-state index contributed by atoms with van der Waals surface area (Å²) < 4.78 is 2.07. The number of nitrogens with zero attached hydrogens (tertiary/aromatic N) is 3. The second-order valence-corrected chi connectivity index (χ2v) is 5.97. The molecule has 1 aromatic rings. The lowest BCUT2D eigenvalue weighted by molar-refractivity contribution is 0.261. The molecule has 2 rings (SSSR count). The summed E-state index contributed by atoms with van der Waals surface area (Å²) in [5.74, 6) is 2.68. The van der Waals surface area contributed by atoms with Crippen molar-refractivity contribution < 1.29 is 0 Å². The van der Waals surface area contributed by atoms with Crippen molar-refractivity contribution in [2.24, 2.45) is 11.8 Å². The smallest absolute Gasteiger partial charge is 0.138 e. The van der Waals surface area contributed by atoms with Gasteiger partial charge < -0.3 is 5.32 Å². The fraction of sp³-hybridized carbons (Fsp3) is 0.857. The van der Waals surface area contributed by atoms with Crippen molar-refractivity contribution in [2.45, 2.75) is 58.5 Å². The van der Waals surface area contributed by atoms with Gasteiger partial charge in [-0.05, 0) is 25.3 Å². The molecule has 0 amide bonds. The summed E-state index contributed by atoms with van der Waals surface area (Å²) in [4.78, 5) is 4.42. The highest BCUT2D eigenvalue weighted by Crippen LogP contribution is 2.30. The first kappa shape index (κ1) is 13.5. The van der Waals surface area contributed by atoms with Crippen LogP contribution >= 0.6 is 0 Å². The molecule has 4 nitrogen and oxygen atoms in total. The van der Waals surface area contributed by atoms with E-state index in [-0.39, 0.29) is 0 Å². The fourth-order valence-electron chi connectivity index (χ4n) is 2.60. The van der Waals surface area contributed by atoms with Crippen LogP contribution < -0.4 is 5.32 Å². The van der Waals surface area contributed by atoms with Gasteiger partial charge in [-0.25, -0.2) is 9.67 Å². The van der Waals surface area contributed by atoms with Crippen LogP contribution in [0, 0.1) is 11.8 Å². The minimum Gasteiger partial charge on any atom is -0.317 e. The topological polar surface area (TPSA) is 42.7 Å². The molecule has 0 aliphatic heterocycles. The molecule has 102 valence electrons. The van der Waals surface area contributed by atoms with E-state index >= 15 is 0 Å². The zero-order valence-corrected chi connectivity index (χ0v) is 11.9. The van der Waals surface area contributed by atoms with Crippen LogP contribution in [-0.4, -0.2) is 27.9 Å². The predicted molar refractivity (Wildman–Crippen MR) is 73.4 cm³/mol. The minimum atomic E-state index is 0.547. The molecular formula is C14H26N4. The molecule has 0 radical (unpaired) electrons. The lowest BCUT2D eigenvalue weighted by Crippen LogP contribution is -2.33. The summed E-state index contributed by atoms with van der Waals surface area (Å²) in [7, 11) is 2.06. The van der Waals surface area contributed by atoms with E-state index in [0.29, 0.717) is 12.0 Å². The lowest BCUT2D eigenvalue weighted by Gasteiger charge is -2.29. The van der Waals surface area contributed by atoms with Crippen molar-refractivity contribution in [1.82, 2.24) is 20.1 Å². The molecule has 0 saturated heterocycles. The highest BCUT2D eigenvalue weighted by molar-refractivity contribution is 4.91. The Kier molecular flexibility index (Phi) is 4.75. The molecule has 0 spiro atoms. The number of hydrogen-bond donors (Lipinski definition) is 1. The highest BCUT2D eigenvalue weighted by Gasteiger charge is 2.22. The summed E-state index contributed by atoms with van der Waals surface area (Å²) in [6.07, 6.45) is 8.22. The predicted octanol–water partition coefficient (Wildman–Crippen LogP) is 2.25. The van der Waals surface area contributed by atoms with Crippen molar-refractivity contribution in [3.63, 3.8) is 0 Å². The summed E-state index contributed by atoms with van der Waals surface area (Å²) in [6, 6.07) is 0.547. The first-order valence-corrected chi connectivity index (χ1v) is 7.23. The largest absolute Gasteiger partial charge is 0.317 e. The highest BCUT2D eigenvalue weighted by atomic mass is 15.3. The van der Waals surface area contributed by atoms with Crippen molar-refractivity contribution >= 4 is 0 Å². The fourth-order valence-corrected chi connectivity index (χ4v) is 2.60. The lowest BCUT2D eigenvalue weighted by atomic mass is 9.80. The van der Waals surface area contributed by atoms with Crippen molar-refractivity contribution in [3.05, 3.63) is 12.2 Å².